The molecular formula is C20H15FN2O5. The van der Waals surface area contributed by atoms with Crippen molar-refractivity contribution in [1.29, 1.82) is 0 Å². The Kier molecular flexibility index (Phi) is 5.59. The van der Waals surface area contributed by atoms with Gasteiger partial charge in [0.05, 0.1) is 11.3 Å². The summed E-state index contributed by atoms with van der Waals surface area (Å²) in [6, 6.07) is 16.2. The van der Waals surface area contributed by atoms with Crippen LogP contribution in [0, 0.1) is 15.9 Å². The van der Waals surface area contributed by atoms with Gasteiger partial charge in [-0.2, -0.15) is 4.39 Å². The number of carbonyl (C=O) groups excluding carboxylic acids is 2. The van der Waals surface area contributed by atoms with Crippen molar-refractivity contribution < 1.29 is 23.6 Å². The lowest BCUT2D eigenvalue weighted by Gasteiger charge is -2.07. The molecule has 0 aliphatic carbocycles. The van der Waals surface area contributed by atoms with E-state index in [1.54, 1.807) is 6.07 Å². The molecule has 142 valence electrons. The molecule has 3 aromatic rings. The zero-order valence-electron chi connectivity index (χ0n) is 14.6. The lowest BCUT2D eigenvalue weighted by molar-refractivity contribution is -0.387. The van der Waals surface area contributed by atoms with Gasteiger partial charge >= 0.3 is 11.7 Å². The minimum absolute atomic E-state index is 0.000133. The normalized spacial score (nSPS) is 10.5. The van der Waals surface area contributed by atoms with Crippen molar-refractivity contribution in [2.45, 2.75) is 6.42 Å². The van der Waals surface area contributed by atoms with Crippen LogP contribution in [0.15, 0.2) is 60.7 Å². The van der Waals surface area contributed by atoms with Gasteiger partial charge in [-0.1, -0.05) is 42.5 Å². The lowest BCUT2D eigenvalue weighted by atomic mass is 10.1. The number of nitrogens with zero attached hydrogens (tertiary/aromatic N) is 1. The van der Waals surface area contributed by atoms with Gasteiger partial charge in [-0.25, -0.2) is 0 Å². The van der Waals surface area contributed by atoms with Crippen LogP contribution in [-0.2, 0) is 20.7 Å². The lowest BCUT2D eigenvalue weighted by Crippen LogP contribution is -2.21. The minimum atomic E-state index is -1.01. The number of rotatable bonds is 6. The third-order valence-corrected chi connectivity index (χ3v) is 3.95. The molecule has 0 heterocycles. The molecule has 3 rings (SSSR count). The molecule has 8 heteroatoms. The summed E-state index contributed by atoms with van der Waals surface area (Å²) < 4.78 is 18.2. The van der Waals surface area contributed by atoms with Crippen molar-refractivity contribution in [2.75, 3.05) is 11.9 Å². The number of nitro benzene ring substituents is 1. The Balaban J connectivity index is 1.54. The largest absolute Gasteiger partial charge is 0.455 e. The van der Waals surface area contributed by atoms with Crippen LogP contribution >= 0.6 is 0 Å². The van der Waals surface area contributed by atoms with Crippen LogP contribution in [0.4, 0.5) is 15.8 Å². The van der Waals surface area contributed by atoms with E-state index >= 15 is 0 Å². The van der Waals surface area contributed by atoms with E-state index in [9.17, 15) is 24.1 Å². The number of benzene rings is 3. The van der Waals surface area contributed by atoms with Crippen molar-refractivity contribution in [1.82, 2.24) is 0 Å². The van der Waals surface area contributed by atoms with Gasteiger partial charge in [0.2, 0.25) is 5.82 Å². The molecule has 0 aliphatic rings. The first kappa shape index (κ1) is 19.0. The minimum Gasteiger partial charge on any atom is -0.455 e. The first-order valence-corrected chi connectivity index (χ1v) is 8.29. The van der Waals surface area contributed by atoms with Gasteiger partial charge in [0.25, 0.3) is 5.91 Å². The van der Waals surface area contributed by atoms with Crippen molar-refractivity contribution in [3.05, 3.63) is 82.2 Å². The SMILES string of the molecule is O=C(COC(=O)Cc1ccc2ccccc2c1)Nc1ccc(F)c([N+](=O)[O-])c1. The molecule has 0 radical (unpaired) electrons. The fourth-order valence-corrected chi connectivity index (χ4v) is 2.64. The second kappa shape index (κ2) is 8.26. The predicted octanol–water partition coefficient (Wildman–Crippen LogP) is 3.61. The van der Waals surface area contributed by atoms with Gasteiger partial charge in [-0.3, -0.25) is 19.7 Å². The smallest absolute Gasteiger partial charge is 0.310 e. The quantitative estimate of drug-likeness (QED) is 0.399. The number of halogens is 1. The monoisotopic (exact) mass is 382 g/mol. The zero-order chi connectivity index (χ0) is 20.1. The summed E-state index contributed by atoms with van der Waals surface area (Å²) in [4.78, 5) is 33.6. The van der Waals surface area contributed by atoms with Crippen molar-refractivity contribution >= 4 is 34.0 Å². The molecule has 0 atom stereocenters. The molecule has 0 fully saturated rings. The Bertz CT molecular complexity index is 1070. The van der Waals surface area contributed by atoms with E-state index in [2.05, 4.69) is 5.32 Å². The molecule has 0 aliphatic heterocycles. The summed E-state index contributed by atoms with van der Waals surface area (Å²) in [5.74, 6) is -2.28. The Hall–Kier alpha value is -3.81. The Morgan fingerprint density at radius 2 is 1.79 bits per heavy atom. The molecule has 1 N–H and O–H groups in total. The molecular weight excluding hydrogens is 367 g/mol. The summed E-state index contributed by atoms with van der Waals surface area (Å²) in [5.41, 5.74) is 0.0213. The average molecular weight is 382 g/mol. The summed E-state index contributed by atoms with van der Waals surface area (Å²) >= 11 is 0. The maximum Gasteiger partial charge on any atom is 0.310 e. The summed E-state index contributed by atoms with van der Waals surface area (Å²) in [6.45, 7) is -0.558. The molecule has 3 aromatic carbocycles. The van der Waals surface area contributed by atoms with Crippen LogP contribution in [0.2, 0.25) is 0 Å². The molecule has 28 heavy (non-hydrogen) atoms. The van der Waals surface area contributed by atoms with E-state index in [0.29, 0.717) is 0 Å². The maximum atomic E-state index is 13.3. The molecule has 7 nitrogen and oxygen atoms in total. The van der Waals surface area contributed by atoms with E-state index in [1.807, 2.05) is 36.4 Å². The number of fused-ring (bicyclic) bond motifs is 1. The number of ether oxygens (including phenoxy) is 1. The van der Waals surface area contributed by atoms with E-state index < -0.39 is 34.9 Å². The van der Waals surface area contributed by atoms with Crippen molar-refractivity contribution in [3.8, 4) is 0 Å². The number of nitro groups is 1. The molecule has 1 amide bonds. The van der Waals surface area contributed by atoms with E-state index in [0.717, 1.165) is 28.5 Å². The van der Waals surface area contributed by atoms with Gasteiger partial charge in [-0.05, 0) is 28.5 Å². The second-order valence-electron chi connectivity index (χ2n) is 5.99. The van der Waals surface area contributed by atoms with Crippen molar-refractivity contribution in [3.63, 3.8) is 0 Å². The molecule has 0 unspecified atom stereocenters. The number of hydrogen-bond acceptors (Lipinski definition) is 5. The molecule has 0 aromatic heterocycles. The van der Waals surface area contributed by atoms with Gasteiger partial charge in [0, 0.05) is 11.8 Å². The molecule has 0 bridgehead atoms. The van der Waals surface area contributed by atoms with Gasteiger partial charge in [0.1, 0.15) is 0 Å². The predicted molar refractivity (Wildman–Crippen MR) is 100 cm³/mol. The molecule has 0 spiro atoms. The van der Waals surface area contributed by atoms with Crippen LogP contribution in [-0.4, -0.2) is 23.4 Å². The first-order chi connectivity index (χ1) is 13.4. The maximum absolute atomic E-state index is 13.3. The van der Waals surface area contributed by atoms with E-state index in [4.69, 9.17) is 4.74 Å². The first-order valence-electron chi connectivity index (χ1n) is 8.29. The number of carbonyl (C=O) groups is 2. The van der Waals surface area contributed by atoms with Gasteiger partial charge in [0.15, 0.2) is 6.61 Å². The highest BCUT2D eigenvalue weighted by molar-refractivity contribution is 5.93. The zero-order valence-corrected chi connectivity index (χ0v) is 14.6. The average Bonchev–Trinajstić information content (AvgIpc) is 2.67. The highest BCUT2D eigenvalue weighted by atomic mass is 19.1. The summed E-state index contributed by atoms with van der Waals surface area (Å²) in [7, 11) is 0. The fraction of sp³-hybridized carbons (Fsp3) is 0.100. The van der Waals surface area contributed by atoms with Crippen LogP contribution in [0.5, 0.6) is 0 Å². The third-order valence-electron chi connectivity index (χ3n) is 3.95. The Morgan fingerprint density at radius 1 is 1.04 bits per heavy atom. The number of esters is 1. The molecule has 0 saturated carbocycles. The highest BCUT2D eigenvalue weighted by Gasteiger charge is 2.16. The Labute approximate surface area is 158 Å². The number of anilines is 1. The van der Waals surface area contributed by atoms with Crippen LogP contribution in [0.3, 0.4) is 0 Å². The van der Waals surface area contributed by atoms with E-state index in [1.165, 1.54) is 6.07 Å². The van der Waals surface area contributed by atoms with Crippen LogP contribution in [0.1, 0.15) is 5.56 Å². The van der Waals surface area contributed by atoms with Crippen LogP contribution < -0.4 is 5.32 Å². The highest BCUT2D eigenvalue weighted by Crippen LogP contribution is 2.21. The summed E-state index contributed by atoms with van der Waals surface area (Å²) in [5, 5.41) is 15.1. The van der Waals surface area contributed by atoms with Crippen molar-refractivity contribution in [2.24, 2.45) is 0 Å². The fourth-order valence-electron chi connectivity index (χ4n) is 2.64. The third kappa shape index (κ3) is 4.67. The Morgan fingerprint density at radius 3 is 2.54 bits per heavy atom. The van der Waals surface area contributed by atoms with E-state index in [-0.39, 0.29) is 12.1 Å². The number of amides is 1. The van der Waals surface area contributed by atoms with Crippen LogP contribution in [0.25, 0.3) is 10.8 Å². The number of nitrogens with one attached hydrogen (secondary N) is 1. The standard InChI is InChI=1S/C20H15FN2O5/c21-17-8-7-16(11-18(17)23(26)27)22-19(24)12-28-20(25)10-13-5-6-14-3-1-2-4-15(14)9-13/h1-9,11H,10,12H2,(H,22,24). The molecule has 0 saturated heterocycles. The van der Waals surface area contributed by atoms with Gasteiger partial charge in [-0.15, -0.1) is 0 Å². The number of hydrogen-bond donors (Lipinski definition) is 1. The van der Waals surface area contributed by atoms with Gasteiger partial charge < -0.3 is 10.1 Å². The second-order valence-corrected chi connectivity index (χ2v) is 5.99. The summed E-state index contributed by atoms with van der Waals surface area (Å²) in [6.07, 6.45) is 0.000133. The topological polar surface area (TPSA) is 98.5 Å².